The van der Waals surface area contributed by atoms with Gasteiger partial charge in [-0.1, -0.05) is 96.8 Å². The molecule has 0 aromatic carbocycles. The van der Waals surface area contributed by atoms with Gasteiger partial charge in [0.15, 0.2) is 0 Å². The van der Waals surface area contributed by atoms with Gasteiger partial charge in [0.2, 0.25) is 0 Å². The third-order valence-corrected chi connectivity index (χ3v) is 4.21. The molecule has 0 N–H and O–H groups in total. The van der Waals surface area contributed by atoms with Gasteiger partial charge in [-0.05, 0) is 27.1 Å². The summed E-state index contributed by atoms with van der Waals surface area (Å²) in [5.41, 5.74) is 0. The Morgan fingerprint density at radius 1 is 0.476 bits per heavy atom. The molecule has 0 aromatic heterocycles. The Labute approximate surface area is 152 Å². The first-order valence-corrected chi connectivity index (χ1v) is 9.42. The molecule has 0 heterocycles. The molecule has 0 atom stereocenters. The van der Waals surface area contributed by atoms with Gasteiger partial charge in [0.05, 0.1) is 0 Å². The minimum absolute atomic E-state index is 0. The van der Waals surface area contributed by atoms with E-state index in [1.54, 1.807) is 0 Å². The molecule has 0 spiro atoms. The van der Waals surface area contributed by atoms with Crippen LogP contribution in [0.3, 0.4) is 0 Å². The maximum absolute atomic E-state index is 2.29. The second-order valence-electron chi connectivity index (χ2n) is 6.75. The number of unbranched alkanes of at least 4 members (excludes halogenated alkanes) is 14. The zero-order valence-corrected chi connectivity index (χ0v) is 17.5. The molecule has 0 aliphatic carbocycles. The largest absolute Gasteiger partial charge is 0.309 e. The van der Waals surface area contributed by atoms with Crippen LogP contribution in [-0.2, 0) is 0 Å². The van der Waals surface area contributed by atoms with Crippen molar-refractivity contribution in [2.45, 2.75) is 103 Å². The normalized spacial score (nSPS) is 10.9. The van der Waals surface area contributed by atoms with Crippen LogP contribution >= 0.6 is 24.0 Å². The minimum Gasteiger partial charge on any atom is -0.309 e. The lowest BCUT2D eigenvalue weighted by Gasteiger charge is -2.08. The predicted octanol–water partition coefficient (Wildman–Crippen LogP) is 7.04. The van der Waals surface area contributed by atoms with E-state index in [-0.39, 0.29) is 24.0 Å². The molecule has 0 aliphatic heterocycles. The highest BCUT2D eigenvalue weighted by Crippen LogP contribution is 2.13. The van der Waals surface area contributed by atoms with Gasteiger partial charge in [-0.3, -0.25) is 0 Å². The summed E-state index contributed by atoms with van der Waals surface area (Å²) in [5.74, 6) is 0. The Balaban J connectivity index is 0. The van der Waals surface area contributed by atoms with Crippen molar-refractivity contribution in [3.8, 4) is 0 Å². The van der Waals surface area contributed by atoms with E-state index in [2.05, 4.69) is 25.9 Å². The van der Waals surface area contributed by atoms with Gasteiger partial charge in [-0.15, -0.1) is 24.0 Å². The molecule has 130 valence electrons. The van der Waals surface area contributed by atoms with Crippen LogP contribution in [0.1, 0.15) is 103 Å². The molecule has 0 bridgehead atoms. The molecule has 0 rings (SSSR count). The van der Waals surface area contributed by atoms with E-state index >= 15 is 0 Å². The lowest BCUT2D eigenvalue weighted by atomic mass is 10.0. The van der Waals surface area contributed by atoms with E-state index in [0.717, 1.165) is 0 Å². The summed E-state index contributed by atoms with van der Waals surface area (Å²) in [4.78, 5) is 2.29. The van der Waals surface area contributed by atoms with Crippen molar-refractivity contribution in [2.24, 2.45) is 0 Å². The van der Waals surface area contributed by atoms with Crippen molar-refractivity contribution in [1.29, 1.82) is 0 Å². The van der Waals surface area contributed by atoms with Crippen LogP contribution in [0.5, 0.6) is 0 Å². The maximum atomic E-state index is 2.29. The summed E-state index contributed by atoms with van der Waals surface area (Å²) in [6.45, 7) is 3.56. The number of hydrogen-bond donors (Lipinski definition) is 0. The molecule has 21 heavy (non-hydrogen) atoms. The first-order chi connectivity index (χ1) is 9.77. The fourth-order valence-electron chi connectivity index (χ4n) is 2.80. The van der Waals surface area contributed by atoms with E-state index in [0.29, 0.717) is 0 Å². The monoisotopic (exact) mass is 411 g/mol. The van der Waals surface area contributed by atoms with Crippen molar-refractivity contribution in [1.82, 2.24) is 4.90 Å². The highest BCUT2D eigenvalue weighted by Gasteiger charge is 1.94. The van der Waals surface area contributed by atoms with Gasteiger partial charge in [-0.2, -0.15) is 0 Å². The van der Waals surface area contributed by atoms with Crippen molar-refractivity contribution in [3.63, 3.8) is 0 Å². The third-order valence-electron chi connectivity index (χ3n) is 4.21. The van der Waals surface area contributed by atoms with Gasteiger partial charge in [0.1, 0.15) is 0 Å². The summed E-state index contributed by atoms with van der Waals surface area (Å²) < 4.78 is 0. The Morgan fingerprint density at radius 3 is 1.05 bits per heavy atom. The standard InChI is InChI=1S/C19H41N.HI/c1-4-5-6-7-8-9-10-11-12-13-14-15-16-17-18-19-20(2)3;/h4-19H2,1-3H3;1H. The maximum Gasteiger partial charge on any atom is -0.00248 e. The van der Waals surface area contributed by atoms with Crippen molar-refractivity contribution in [3.05, 3.63) is 0 Å². The van der Waals surface area contributed by atoms with Crippen LogP contribution < -0.4 is 0 Å². The van der Waals surface area contributed by atoms with Crippen LogP contribution in [0.4, 0.5) is 0 Å². The molecular weight excluding hydrogens is 369 g/mol. The van der Waals surface area contributed by atoms with E-state index in [4.69, 9.17) is 0 Å². The fourth-order valence-corrected chi connectivity index (χ4v) is 2.80. The predicted molar refractivity (Wildman–Crippen MR) is 109 cm³/mol. The molecule has 0 aromatic rings. The average Bonchev–Trinajstić information content (AvgIpc) is 2.43. The van der Waals surface area contributed by atoms with Crippen LogP contribution in [-0.4, -0.2) is 25.5 Å². The van der Waals surface area contributed by atoms with Gasteiger partial charge in [0.25, 0.3) is 0 Å². The van der Waals surface area contributed by atoms with Crippen molar-refractivity contribution in [2.75, 3.05) is 20.6 Å². The molecule has 0 saturated heterocycles. The fraction of sp³-hybridized carbons (Fsp3) is 1.00. The first kappa shape index (κ1) is 23.9. The summed E-state index contributed by atoms with van der Waals surface area (Å²) >= 11 is 0. The van der Waals surface area contributed by atoms with E-state index in [9.17, 15) is 0 Å². The van der Waals surface area contributed by atoms with E-state index in [1.165, 1.54) is 103 Å². The number of nitrogens with zero attached hydrogens (tertiary/aromatic N) is 1. The topological polar surface area (TPSA) is 3.24 Å². The molecule has 0 saturated carbocycles. The smallest absolute Gasteiger partial charge is 0.00248 e. The lowest BCUT2D eigenvalue weighted by molar-refractivity contribution is 0.389. The molecule has 0 fully saturated rings. The third kappa shape index (κ3) is 23.1. The summed E-state index contributed by atoms with van der Waals surface area (Å²) in [5, 5.41) is 0. The first-order valence-electron chi connectivity index (χ1n) is 9.42. The zero-order valence-electron chi connectivity index (χ0n) is 15.2. The molecule has 0 radical (unpaired) electrons. The molecule has 1 nitrogen and oxygen atoms in total. The number of rotatable bonds is 16. The molecule has 0 aliphatic rings. The minimum atomic E-state index is 0. The lowest BCUT2D eigenvalue weighted by Crippen LogP contribution is -2.12. The Kier molecular flexibility index (Phi) is 23.6. The van der Waals surface area contributed by atoms with E-state index in [1.807, 2.05) is 0 Å². The van der Waals surface area contributed by atoms with Crippen LogP contribution in [0.15, 0.2) is 0 Å². The van der Waals surface area contributed by atoms with Gasteiger partial charge < -0.3 is 4.90 Å². The highest BCUT2D eigenvalue weighted by molar-refractivity contribution is 14.0. The quantitative estimate of drug-likeness (QED) is 0.195. The summed E-state index contributed by atoms with van der Waals surface area (Å²) in [6, 6.07) is 0. The molecule has 0 amide bonds. The second kappa shape index (κ2) is 20.7. The summed E-state index contributed by atoms with van der Waals surface area (Å²) in [7, 11) is 4.34. The highest BCUT2D eigenvalue weighted by atomic mass is 127. The van der Waals surface area contributed by atoms with Gasteiger partial charge in [0, 0.05) is 0 Å². The van der Waals surface area contributed by atoms with Crippen LogP contribution in [0.25, 0.3) is 0 Å². The zero-order chi connectivity index (χ0) is 14.9. The molecule has 0 unspecified atom stereocenters. The number of halogens is 1. The summed E-state index contributed by atoms with van der Waals surface area (Å²) in [6.07, 6.45) is 21.8. The van der Waals surface area contributed by atoms with Crippen molar-refractivity contribution < 1.29 is 0 Å². The average molecular weight is 411 g/mol. The number of hydrogen-bond acceptors (Lipinski definition) is 1. The molecule has 2 heteroatoms. The Bertz CT molecular complexity index is 171. The van der Waals surface area contributed by atoms with Gasteiger partial charge >= 0.3 is 0 Å². The van der Waals surface area contributed by atoms with Gasteiger partial charge in [-0.25, -0.2) is 0 Å². The molecular formula is C19H42IN. The van der Waals surface area contributed by atoms with E-state index < -0.39 is 0 Å². The SMILES string of the molecule is CCCCCCCCCCCCCCCCCN(C)C.I. The Hall–Kier alpha value is 0.690. The van der Waals surface area contributed by atoms with Crippen LogP contribution in [0.2, 0.25) is 0 Å². The second-order valence-corrected chi connectivity index (χ2v) is 6.75. The Morgan fingerprint density at radius 2 is 0.762 bits per heavy atom. The van der Waals surface area contributed by atoms with Crippen molar-refractivity contribution >= 4 is 24.0 Å². The van der Waals surface area contributed by atoms with Crippen LogP contribution in [0, 0.1) is 0 Å².